The maximum Gasteiger partial charge on any atom is 0.272 e. The summed E-state index contributed by atoms with van der Waals surface area (Å²) in [7, 11) is 0. The number of nitrogens with one attached hydrogen (secondary N) is 2. The highest BCUT2D eigenvalue weighted by atomic mass is 19.1. The molecule has 3 amide bonds. The van der Waals surface area contributed by atoms with E-state index in [0.717, 1.165) is 11.6 Å². The van der Waals surface area contributed by atoms with Crippen molar-refractivity contribution in [1.82, 2.24) is 15.8 Å². The molecule has 0 bridgehead atoms. The average Bonchev–Trinajstić information content (AvgIpc) is 3.17. The van der Waals surface area contributed by atoms with E-state index in [0.29, 0.717) is 19.4 Å². The second-order valence-electron chi connectivity index (χ2n) is 6.33. The number of benzene rings is 2. The van der Waals surface area contributed by atoms with Gasteiger partial charge in [-0.25, -0.2) is 4.39 Å². The zero-order valence-electron chi connectivity index (χ0n) is 14.7. The van der Waals surface area contributed by atoms with Crippen LogP contribution in [0.3, 0.4) is 0 Å². The molecule has 1 unspecified atom stereocenters. The number of hydrogen-bond acceptors (Lipinski definition) is 3. The summed E-state index contributed by atoms with van der Waals surface area (Å²) in [5.41, 5.74) is 5.22. The van der Waals surface area contributed by atoms with Crippen molar-refractivity contribution in [1.29, 1.82) is 0 Å². The molecular formula is C20H20FN3O3. The van der Waals surface area contributed by atoms with Gasteiger partial charge in [-0.15, -0.1) is 0 Å². The molecule has 1 fully saturated rings. The summed E-state index contributed by atoms with van der Waals surface area (Å²) in [6, 6.07) is 14.1. The van der Waals surface area contributed by atoms with E-state index < -0.39 is 23.7 Å². The van der Waals surface area contributed by atoms with Crippen LogP contribution >= 0.6 is 0 Å². The van der Waals surface area contributed by atoms with Gasteiger partial charge < -0.3 is 4.90 Å². The van der Waals surface area contributed by atoms with Crippen molar-refractivity contribution in [2.24, 2.45) is 0 Å². The molecule has 27 heavy (non-hydrogen) atoms. The summed E-state index contributed by atoms with van der Waals surface area (Å²) in [5.74, 6) is -2.05. The average molecular weight is 369 g/mol. The second kappa shape index (κ2) is 8.44. The fourth-order valence-corrected chi connectivity index (χ4v) is 3.12. The lowest BCUT2D eigenvalue weighted by Crippen LogP contribution is -2.51. The Labute approximate surface area is 156 Å². The van der Waals surface area contributed by atoms with Gasteiger partial charge in [0.05, 0.1) is 12.0 Å². The summed E-state index contributed by atoms with van der Waals surface area (Å²) < 4.78 is 13.6. The Hall–Kier alpha value is -3.22. The third-order valence-electron chi connectivity index (χ3n) is 4.49. The van der Waals surface area contributed by atoms with Crippen molar-refractivity contribution in [3.63, 3.8) is 0 Å². The summed E-state index contributed by atoms with van der Waals surface area (Å²) in [6.07, 6.45) is 1.44. The Morgan fingerprint density at radius 3 is 2.44 bits per heavy atom. The van der Waals surface area contributed by atoms with E-state index in [-0.39, 0.29) is 17.9 Å². The van der Waals surface area contributed by atoms with Crippen LogP contribution < -0.4 is 10.9 Å². The van der Waals surface area contributed by atoms with Crippen molar-refractivity contribution in [3.05, 3.63) is 71.5 Å². The number of carbonyl (C=O) groups is 3. The minimum absolute atomic E-state index is 0.140. The van der Waals surface area contributed by atoms with E-state index >= 15 is 0 Å². The molecule has 0 spiro atoms. The largest absolute Gasteiger partial charge is 0.330 e. The lowest BCUT2D eigenvalue weighted by atomic mass is 10.1. The first-order chi connectivity index (χ1) is 13.1. The van der Waals surface area contributed by atoms with Gasteiger partial charge in [0.25, 0.3) is 11.8 Å². The zero-order valence-corrected chi connectivity index (χ0v) is 14.7. The van der Waals surface area contributed by atoms with Crippen molar-refractivity contribution >= 4 is 17.7 Å². The van der Waals surface area contributed by atoms with Crippen LogP contribution in [0.1, 0.15) is 28.8 Å². The molecule has 2 aromatic rings. The normalized spacial score (nSPS) is 16.0. The van der Waals surface area contributed by atoms with Gasteiger partial charge in [-0.2, -0.15) is 0 Å². The van der Waals surface area contributed by atoms with Crippen LogP contribution in [0.5, 0.6) is 0 Å². The van der Waals surface area contributed by atoms with Gasteiger partial charge in [-0.05, 0) is 30.5 Å². The quantitative estimate of drug-likeness (QED) is 0.807. The third-order valence-corrected chi connectivity index (χ3v) is 4.49. The molecule has 140 valence electrons. The van der Waals surface area contributed by atoms with Crippen LogP contribution in [0.15, 0.2) is 54.6 Å². The molecule has 0 radical (unpaired) electrons. The van der Waals surface area contributed by atoms with E-state index in [9.17, 15) is 18.8 Å². The fourth-order valence-electron chi connectivity index (χ4n) is 3.12. The molecule has 2 aromatic carbocycles. The van der Waals surface area contributed by atoms with E-state index in [1.807, 2.05) is 30.3 Å². The molecule has 1 atom stereocenters. The maximum absolute atomic E-state index is 13.6. The lowest BCUT2D eigenvalue weighted by Gasteiger charge is -2.24. The minimum atomic E-state index is -0.749. The van der Waals surface area contributed by atoms with Gasteiger partial charge >= 0.3 is 0 Å². The Kier molecular flexibility index (Phi) is 5.80. The molecule has 3 rings (SSSR count). The van der Waals surface area contributed by atoms with Gasteiger partial charge in [-0.1, -0.05) is 42.5 Å². The van der Waals surface area contributed by atoms with E-state index in [1.54, 1.807) is 0 Å². The van der Waals surface area contributed by atoms with Crippen LogP contribution in [0.25, 0.3) is 0 Å². The summed E-state index contributed by atoms with van der Waals surface area (Å²) in [4.78, 5) is 38.5. The third kappa shape index (κ3) is 4.49. The molecule has 0 aromatic heterocycles. The van der Waals surface area contributed by atoms with Gasteiger partial charge in [0.2, 0.25) is 5.91 Å². The first-order valence-electron chi connectivity index (χ1n) is 8.74. The predicted octanol–water partition coefficient (Wildman–Crippen LogP) is 1.82. The van der Waals surface area contributed by atoms with Crippen molar-refractivity contribution in [2.45, 2.75) is 25.3 Å². The standard InChI is InChI=1S/C20H20FN3O3/c21-16-10-5-4-9-15(16)19(26)22-23-20(27)17-11-6-12-24(17)18(25)13-14-7-2-1-3-8-14/h1-5,7-10,17H,6,11-13H2,(H,22,26)(H,23,27). The highest BCUT2D eigenvalue weighted by molar-refractivity contribution is 5.96. The molecular weight excluding hydrogens is 349 g/mol. The number of nitrogens with zero attached hydrogens (tertiary/aromatic N) is 1. The number of halogens is 1. The van der Waals surface area contributed by atoms with Crippen LogP contribution in [0.4, 0.5) is 4.39 Å². The van der Waals surface area contributed by atoms with Gasteiger partial charge in [0, 0.05) is 6.54 Å². The van der Waals surface area contributed by atoms with Crippen LogP contribution in [0.2, 0.25) is 0 Å². The molecule has 1 aliphatic rings. The number of amides is 3. The van der Waals surface area contributed by atoms with Crippen molar-refractivity contribution < 1.29 is 18.8 Å². The van der Waals surface area contributed by atoms with E-state index in [4.69, 9.17) is 0 Å². The summed E-state index contributed by atoms with van der Waals surface area (Å²) >= 11 is 0. The summed E-state index contributed by atoms with van der Waals surface area (Å²) in [5, 5.41) is 0. The highest BCUT2D eigenvalue weighted by Crippen LogP contribution is 2.19. The summed E-state index contributed by atoms with van der Waals surface area (Å²) in [6.45, 7) is 0.491. The number of rotatable bonds is 4. The van der Waals surface area contributed by atoms with Gasteiger partial charge in [0.15, 0.2) is 0 Å². The Balaban J connectivity index is 1.58. The Morgan fingerprint density at radius 1 is 1.00 bits per heavy atom. The predicted molar refractivity (Wildman–Crippen MR) is 96.9 cm³/mol. The molecule has 6 nitrogen and oxygen atoms in total. The Bertz CT molecular complexity index is 841. The molecule has 1 aliphatic heterocycles. The van der Waals surface area contributed by atoms with Gasteiger partial charge in [-0.3, -0.25) is 25.2 Å². The van der Waals surface area contributed by atoms with E-state index in [1.165, 1.54) is 23.1 Å². The van der Waals surface area contributed by atoms with Crippen molar-refractivity contribution in [2.75, 3.05) is 6.54 Å². The smallest absolute Gasteiger partial charge is 0.272 e. The first-order valence-corrected chi connectivity index (χ1v) is 8.74. The first kappa shape index (κ1) is 18.6. The highest BCUT2D eigenvalue weighted by Gasteiger charge is 2.34. The molecule has 0 saturated carbocycles. The van der Waals surface area contributed by atoms with Crippen LogP contribution in [0, 0.1) is 5.82 Å². The molecule has 0 aliphatic carbocycles. The number of likely N-dealkylation sites (tertiary alicyclic amines) is 1. The van der Waals surface area contributed by atoms with E-state index in [2.05, 4.69) is 10.9 Å². The van der Waals surface area contributed by atoms with Crippen LogP contribution in [-0.4, -0.2) is 35.2 Å². The fraction of sp³-hybridized carbons (Fsp3) is 0.250. The van der Waals surface area contributed by atoms with Gasteiger partial charge in [0.1, 0.15) is 11.9 Å². The second-order valence-corrected chi connectivity index (χ2v) is 6.33. The molecule has 1 saturated heterocycles. The molecule has 2 N–H and O–H groups in total. The number of hydrogen-bond donors (Lipinski definition) is 2. The maximum atomic E-state index is 13.6. The minimum Gasteiger partial charge on any atom is -0.330 e. The SMILES string of the molecule is O=C(NNC(=O)C1CCCN1C(=O)Cc1ccccc1)c1ccccc1F. The zero-order chi connectivity index (χ0) is 19.2. The number of hydrazine groups is 1. The number of carbonyl (C=O) groups excluding carboxylic acids is 3. The molecule has 1 heterocycles. The van der Waals surface area contributed by atoms with Crippen LogP contribution in [-0.2, 0) is 16.0 Å². The Morgan fingerprint density at radius 2 is 1.70 bits per heavy atom. The topological polar surface area (TPSA) is 78.5 Å². The van der Waals surface area contributed by atoms with Crippen molar-refractivity contribution in [3.8, 4) is 0 Å². The lowest BCUT2D eigenvalue weighted by molar-refractivity contribution is -0.138. The molecule has 7 heteroatoms. The monoisotopic (exact) mass is 369 g/mol.